The SMILES string of the molecule is CC1(C)C(=O)NCCN1c1nccnc1Cl. The van der Waals surface area contributed by atoms with E-state index in [9.17, 15) is 4.79 Å². The zero-order chi connectivity index (χ0) is 11.8. The number of nitrogens with zero attached hydrogens (tertiary/aromatic N) is 3. The normalized spacial score (nSPS) is 19.4. The molecule has 86 valence electrons. The van der Waals surface area contributed by atoms with Gasteiger partial charge in [-0.05, 0) is 13.8 Å². The fourth-order valence-electron chi connectivity index (χ4n) is 1.77. The van der Waals surface area contributed by atoms with Gasteiger partial charge in [0.1, 0.15) is 5.54 Å². The third-order valence-electron chi connectivity index (χ3n) is 2.74. The van der Waals surface area contributed by atoms with E-state index < -0.39 is 5.54 Å². The van der Waals surface area contributed by atoms with Crippen LogP contribution in [-0.4, -0.2) is 34.5 Å². The predicted octanol–water partition coefficient (Wildman–Crippen LogP) is 0.845. The molecule has 1 N–H and O–H groups in total. The molecule has 0 unspecified atom stereocenters. The molecule has 1 amide bonds. The van der Waals surface area contributed by atoms with E-state index in [1.807, 2.05) is 18.7 Å². The van der Waals surface area contributed by atoms with Crippen molar-refractivity contribution in [2.75, 3.05) is 18.0 Å². The Balaban J connectivity index is 2.40. The third kappa shape index (κ3) is 1.71. The number of carbonyl (C=O) groups is 1. The molecule has 2 rings (SSSR count). The average Bonchev–Trinajstić information content (AvgIpc) is 2.24. The summed E-state index contributed by atoms with van der Waals surface area (Å²) in [7, 11) is 0. The second kappa shape index (κ2) is 3.90. The molecule has 2 heterocycles. The first kappa shape index (κ1) is 11.1. The lowest BCUT2D eigenvalue weighted by atomic mass is 9.99. The first-order valence-corrected chi connectivity index (χ1v) is 5.44. The number of carbonyl (C=O) groups excluding carboxylic acids is 1. The Bertz CT molecular complexity index is 421. The van der Waals surface area contributed by atoms with E-state index in [1.165, 1.54) is 6.20 Å². The van der Waals surface area contributed by atoms with Crippen LogP contribution in [0.3, 0.4) is 0 Å². The molecule has 1 aliphatic rings. The highest BCUT2D eigenvalue weighted by Crippen LogP contribution is 2.28. The van der Waals surface area contributed by atoms with Gasteiger partial charge in [-0.25, -0.2) is 9.97 Å². The van der Waals surface area contributed by atoms with Crippen LogP contribution in [-0.2, 0) is 4.79 Å². The molecule has 0 radical (unpaired) electrons. The van der Waals surface area contributed by atoms with Gasteiger partial charge in [-0.3, -0.25) is 4.79 Å². The maximum Gasteiger partial charge on any atom is 0.245 e. The Hall–Kier alpha value is -1.36. The summed E-state index contributed by atoms with van der Waals surface area (Å²) < 4.78 is 0. The number of nitrogens with one attached hydrogen (secondary N) is 1. The fourth-order valence-corrected chi connectivity index (χ4v) is 1.97. The standard InChI is InChI=1S/C10H13ClN4O/c1-10(2)9(16)14-5-6-15(10)8-7(11)12-3-4-13-8/h3-4H,5-6H2,1-2H3,(H,14,16). The van der Waals surface area contributed by atoms with E-state index in [0.29, 0.717) is 24.1 Å². The molecule has 1 aromatic heterocycles. The van der Waals surface area contributed by atoms with E-state index in [-0.39, 0.29) is 5.91 Å². The molecule has 5 nitrogen and oxygen atoms in total. The van der Waals surface area contributed by atoms with Crippen molar-refractivity contribution in [3.8, 4) is 0 Å². The van der Waals surface area contributed by atoms with Crippen molar-refractivity contribution in [1.82, 2.24) is 15.3 Å². The molecule has 1 saturated heterocycles. The summed E-state index contributed by atoms with van der Waals surface area (Å²) in [6.07, 6.45) is 3.10. The maximum atomic E-state index is 11.8. The van der Waals surface area contributed by atoms with Crippen LogP contribution >= 0.6 is 11.6 Å². The van der Waals surface area contributed by atoms with Crippen molar-refractivity contribution < 1.29 is 4.79 Å². The Morgan fingerprint density at radius 3 is 2.81 bits per heavy atom. The van der Waals surface area contributed by atoms with Crippen molar-refractivity contribution in [3.63, 3.8) is 0 Å². The van der Waals surface area contributed by atoms with Crippen molar-refractivity contribution in [2.45, 2.75) is 19.4 Å². The number of aromatic nitrogens is 2. The molecule has 1 fully saturated rings. The lowest BCUT2D eigenvalue weighted by Gasteiger charge is -2.41. The minimum Gasteiger partial charge on any atom is -0.352 e. The molecule has 6 heteroatoms. The average molecular weight is 241 g/mol. The molecule has 1 aliphatic heterocycles. The third-order valence-corrected chi connectivity index (χ3v) is 3.01. The Morgan fingerprint density at radius 1 is 1.44 bits per heavy atom. The Morgan fingerprint density at radius 2 is 2.12 bits per heavy atom. The number of rotatable bonds is 1. The van der Waals surface area contributed by atoms with E-state index >= 15 is 0 Å². The molecule has 0 saturated carbocycles. The summed E-state index contributed by atoms with van der Waals surface area (Å²) in [6, 6.07) is 0. The lowest BCUT2D eigenvalue weighted by Crippen LogP contribution is -2.62. The van der Waals surface area contributed by atoms with Gasteiger partial charge in [0, 0.05) is 25.5 Å². The molecular weight excluding hydrogens is 228 g/mol. The summed E-state index contributed by atoms with van der Waals surface area (Å²) in [4.78, 5) is 21.8. The van der Waals surface area contributed by atoms with Gasteiger partial charge in [0.05, 0.1) is 0 Å². The van der Waals surface area contributed by atoms with Gasteiger partial charge in [0.15, 0.2) is 11.0 Å². The van der Waals surface area contributed by atoms with E-state index in [1.54, 1.807) is 6.20 Å². The van der Waals surface area contributed by atoms with Crippen LogP contribution in [0.1, 0.15) is 13.8 Å². The molecule has 0 aromatic carbocycles. The summed E-state index contributed by atoms with van der Waals surface area (Å²) in [5.74, 6) is 0.532. The molecular formula is C10H13ClN4O. The van der Waals surface area contributed by atoms with Gasteiger partial charge in [0.2, 0.25) is 5.91 Å². The second-order valence-electron chi connectivity index (χ2n) is 4.14. The first-order chi connectivity index (χ1) is 7.53. The van der Waals surface area contributed by atoms with E-state index in [0.717, 1.165) is 0 Å². The topological polar surface area (TPSA) is 58.1 Å². The maximum absolute atomic E-state index is 11.8. The van der Waals surface area contributed by atoms with Gasteiger partial charge >= 0.3 is 0 Å². The minimum absolute atomic E-state index is 0.0273. The number of anilines is 1. The van der Waals surface area contributed by atoms with Crippen LogP contribution in [0.2, 0.25) is 5.15 Å². The van der Waals surface area contributed by atoms with Crippen LogP contribution in [0.25, 0.3) is 0 Å². The van der Waals surface area contributed by atoms with Gasteiger partial charge in [0.25, 0.3) is 0 Å². The Labute approximate surface area is 98.8 Å². The number of halogens is 1. The van der Waals surface area contributed by atoms with Crippen LogP contribution in [0.15, 0.2) is 12.4 Å². The van der Waals surface area contributed by atoms with Gasteiger partial charge in [-0.2, -0.15) is 0 Å². The predicted molar refractivity (Wildman–Crippen MR) is 61.5 cm³/mol. The zero-order valence-corrected chi connectivity index (χ0v) is 9.95. The number of piperazine rings is 1. The zero-order valence-electron chi connectivity index (χ0n) is 9.20. The van der Waals surface area contributed by atoms with Crippen molar-refractivity contribution in [2.24, 2.45) is 0 Å². The summed E-state index contributed by atoms with van der Waals surface area (Å²) in [6.45, 7) is 4.95. The fraction of sp³-hybridized carbons (Fsp3) is 0.500. The lowest BCUT2D eigenvalue weighted by molar-refractivity contribution is -0.126. The number of hydrogen-bond acceptors (Lipinski definition) is 4. The van der Waals surface area contributed by atoms with Crippen molar-refractivity contribution in [1.29, 1.82) is 0 Å². The highest BCUT2D eigenvalue weighted by atomic mass is 35.5. The molecule has 0 spiro atoms. The van der Waals surface area contributed by atoms with Crippen molar-refractivity contribution >= 4 is 23.3 Å². The summed E-state index contributed by atoms with van der Waals surface area (Å²) in [5, 5.41) is 3.14. The highest BCUT2D eigenvalue weighted by molar-refractivity contribution is 6.31. The van der Waals surface area contributed by atoms with Gasteiger partial charge in [-0.15, -0.1) is 0 Å². The monoisotopic (exact) mass is 240 g/mol. The first-order valence-electron chi connectivity index (χ1n) is 5.06. The number of amides is 1. The largest absolute Gasteiger partial charge is 0.352 e. The van der Waals surface area contributed by atoms with Gasteiger partial charge in [-0.1, -0.05) is 11.6 Å². The summed E-state index contributed by atoms with van der Waals surface area (Å²) >= 11 is 5.99. The minimum atomic E-state index is -0.655. The van der Waals surface area contributed by atoms with Crippen LogP contribution in [0.4, 0.5) is 5.82 Å². The highest BCUT2D eigenvalue weighted by Gasteiger charge is 2.39. The molecule has 0 aliphatic carbocycles. The molecule has 1 aromatic rings. The van der Waals surface area contributed by atoms with Gasteiger partial charge < -0.3 is 10.2 Å². The van der Waals surface area contributed by atoms with Crippen LogP contribution in [0, 0.1) is 0 Å². The van der Waals surface area contributed by atoms with Crippen LogP contribution < -0.4 is 10.2 Å². The molecule has 16 heavy (non-hydrogen) atoms. The molecule has 0 bridgehead atoms. The summed E-state index contributed by atoms with van der Waals surface area (Å²) in [5.41, 5.74) is -0.655. The number of hydrogen-bond donors (Lipinski definition) is 1. The van der Waals surface area contributed by atoms with Crippen LogP contribution in [0.5, 0.6) is 0 Å². The molecule has 0 atom stereocenters. The second-order valence-corrected chi connectivity index (χ2v) is 4.50. The van der Waals surface area contributed by atoms with E-state index in [4.69, 9.17) is 11.6 Å². The van der Waals surface area contributed by atoms with E-state index in [2.05, 4.69) is 15.3 Å². The quantitative estimate of drug-likeness (QED) is 0.791. The Kier molecular flexibility index (Phi) is 2.71. The smallest absolute Gasteiger partial charge is 0.245 e. The van der Waals surface area contributed by atoms with Crippen molar-refractivity contribution in [3.05, 3.63) is 17.5 Å².